The predicted molar refractivity (Wildman–Crippen MR) is 130 cm³/mol. The van der Waals surface area contributed by atoms with E-state index in [0.717, 1.165) is 0 Å². The standard InChI is InChI=1S/C22H25FN6O8/c1-5-27(8-7-22(31)37-6-2)20-10-15(24-13(3)30)16(11-21(20)36-4)25-26-17-9-14(23)18(28(32)33)12-19(17)29(34)35/h9-12H,5-8H2,1-4H3,(H,24,30). The number of carbonyl (C=O) groups excluding carboxylic acids is 2. The summed E-state index contributed by atoms with van der Waals surface area (Å²) < 4.78 is 24.5. The van der Waals surface area contributed by atoms with E-state index in [0.29, 0.717) is 24.4 Å². The first-order valence-electron chi connectivity index (χ1n) is 11.0. The second-order valence-electron chi connectivity index (χ2n) is 7.36. The number of esters is 1. The molecule has 37 heavy (non-hydrogen) atoms. The summed E-state index contributed by atoms with van der Waals surface area (Å²) in [7, 11) is 1.38. The van der Waals surface area contributed by atoms with Gasteiger partial charge in [-0.3, -0.25) is 29.8 Å². The SMILES string of the molecule is CCOC(=O)CCN(CC)c1cc(NC(C)=O)c(N=Nc2cc(F)c([N+](=O)[O-])cc2[N+](=O)[O-])cc1OC. The number of methoxy groups -OCH3 is 1. The third-order valence-corrected chi connectivity index (χ3v) is 4.92. The number of rotatable bonds is 12. The molecule has 1 N–H and O–H groups in total. The molecule has 0 aliphatic carbocycles. The Bertz CT molecular complexity index is 1240. The highest BCUT2D eigenvalue weighted by atomic mass is 19.1. The Kier molecular flexibility index (Phi) is 9.92. The summed E-state index contributed by atoms with van der Waals surface area (Å²) in [6.45, 7) is 5.78. The van der Waals surface area contributed by atoms with E-state index in [-0.39, 0.29) is 42.7 Å². The molecule has 0 saturated carbocycles. The number of azo groups is 1. The lowest BCUT2D eigenvalue weighted by Crippen LogP contribution is -2.27. The number of hydrogen-bond donors (Lipinski definition) is 1. The van der Waals surface area contributed by atoms with Crippen LogP contribution in [0.25, 0.3) is 0 Å². The van der Waals surface area contributed by atoms with Gasteiger partial charge in [-0.05, 0) is 19.9 Å². The van der Waals surface area contributed by atoms with Gasteiger partial charge in [-0.1, -0.05) is 0 Å². The second-order valence-corrected chi connectivity index (χ2v) is 7.36. The van der Waals surface area contributed by atoms with Crippen LogP contribution in [-0.4, -0.2) is 48.5 Å². The maximum atomic E-state index is 14.1. The maximum absolute atomic E-state index is 14.1. The molecule has 2 aromatic carbocycles. The van der Waals surface area contributed by atoms with Crippen molar-refractivity contribution in [2.75, 3.05) is 37.0 Å². The molecule has 0 saturated heterocycles. The van der Waals surface area contributed by atoms with Crippen molar-refractivity contribution >= 4 is 46.0 Å². The largest absolute Gasteiger partial charge is 0.494 e. The molecule has 2 aromatic rings. The molecule has 15 heteroatoms. The number of nitrogens with one attached hydrogen (secondary N) is 1. The quantitative estimate of drug-likeness (QED) is 0.178. The fourth-order valence-electron chi connectivity index (χ4n) is 3.26. The number of hydrogen-bond acceptors (Lipinski definition) is 11. The number of halogens is 1. The lowest BCUT2D eigenvalue weighted by Gasteiger charge is -2.26. The summed E-state index contributed by atoms with van der Waals surface area (Å²) >= 11 is 0. The molecule has 0 atom stereocenters. The number of amides is 1. The van der Waals surface area contributed by atoms with Crippen molar-refractivity contribution in [3.05, 3.63) is 50.3 Å². The molecule has 0 aromatic heterocycles. The summed E-state index contributed by atoms with van der Waals surface area (Å²) in [5.74, 6) is -1.91. The Morgan fingerprint density at radius 1 is 1.05 bits per heavy atom. The zero-order valence-electron chi connectivity index (χ0n) is 20.5. The molecule has 0 spiro atoms. The zero-order valence-corrected chi connectivity index (χ0v) is 20.5. The number of anilines is 2. The fourth-order valence-corrected chi connectivity index (χ4v) is 3.26. The zero-order chi connectivity index (χ0) is 27.7. The van der Waals surface area contributed by atoms with Gasteiger partial charge in [-0.25, -0.2) is 0 Å². The van der Waals surface area contributed by atoms with E-state index in [1.54, 1.807) is 11.8 Å². The van der Waals surface area contributed by atoms with E-state index in [1.807, 2.05) is 6.92 Å². The lowest BCUT2D eigenvalue weighted by molar-refractivity contribution is -0.395. The summed E-state index contributed by atoms with van der Waals surface area (Å²) in [6, 6.07) is 3.89. The van der Waals surface area contributed by atoms with Crippen LogP contribution in [0.4, 0.5) is 38.5 Å². The molecule has 14 nitrogen and oxygen atoms in total. The Labute approximate surface area is 210 Å². The van der Waals surface area contributed by atoms with Gasteiger partial charge in [0.25, 0.3) is 0 Å². The number of benzene rings is 2. The molecule has 0 radical (unpaired) electrons. The molecule has 1 amide bonds. The monoisotopic (exact) mass is 520 g/mol. The van der Waals surface area contributed by atoms with Crippen LogP contribution in [0.2, 0.25) is 0 Å². The summed E-state index contributed by atoms with van der Waals surface area (Å²) in [6.07, 6.45) is 0.0944. The third kappa shape index (κ3) is 7.39. The van der Waals surface area contributed by atoms with Crippen LogP contribution in [-0.2, 0) is 14.3 Å². The van der Waals surface area contributed by atoms with Crippen molar-refractivity contribution in [2.24, 2.45) is 10.2 Å². The highest BCUT2D eigenvalue weighted by molar-refractivity contribution is 5.94. The van der Waals surface area contributed by atoms with Crippen LogP contribution >= 0.6 is 0 Å². The van der Waals surface area contributed by atoms with Gasteiger partial charge in [-0.2, -0.15) is 4.39 Å². The molecule has 0 unspecified atom stereocenters. The number of carbonyl (C=O) groups is 2. The number of ether oxygens (including phenoxy) is 2. The maximum Gasteiger partial charge on any atom is 0.311 e. The van der Waals surface area contributed by atoms with Crippen LogP contribution in [0.15, 0.2) is 34.5 Å². The van der Waals surface area contributed by atoms with Gasteiger partial charge in [0.05, 0.1) is 47.4 Å². The molecular weight excluding hydrogens is 495 g/mol. The van der Waals surface area contributed by atoms with E-state index in [1.165, 1.54) is 26.2 Å². The molecular formula is C22H25FN6O8. The van der Waals surface area contributed by atoms with Gasteiger partial charge in [0, 0.05) is 32.1 Å². The van der Waals surface area contributed by atoms with Crippen molar-refractivity contribution in [1.29, 1.82) is 0 Å². The highest BCUT2D eigenvalue weighted by Crippen LogP contribution is 2.41. The molecule has 198 valence electrons. The van der Waals surface area contributed by atoms with Crippen LogP contribution in [0.1, 0.15) is 27.2 Å². The van der Waals surface area contributed by atoms with E-state index < -0.39 is 38.6 Å². The van der Waals surface area contributed by atoms with Gasteiger partial charge in [0.2, 0.25) is 11.7 Å². The molecule has 0 aliphatic rings. The summed E-state index contributed by atoms with van der Waals surface area (Å²) in [5.41, 5.74) is -1.84. The molecule has 0 aliphatic heterocycles. The average Bonchev–Trinajstić information content (AvgIpc) is 2.83. The number of nitro groups is 2. The minimum Gasteiger partial charge on any atom is -0.494 e. The van der Waals surface area contributed by atoms with E-state index in [2.05, 4.69) is 15.5 Å². The van der Waals surface area contributed by atoms with Crippen molar-refractivity contribution in [3.8, 4) is 5.75 Å². The van der Waals surface area contributed by atoms with Crippen molar-refractivity contribution in [3.63, 3.8) is 0 Å². The van der Waals surface area contributed by atoms with Gasteiger partial charge in [-0.15, -0.1) is 10.2 Å². The predicted octanol–water partition coefficient (Wildman–Crippen LogP) is 4.80. The topological polar surface area (TPSA) is 179 Å². The van der Waals surface area contributed by atoms with Crippen LogP contribution < -0.4 is 15.0 Å². The van der Waals surface area contributed by atoms with Crippen molar-refractivity contribution in [1.82, 2.24) is 0 Å². The molecule has 2 rings (SSSR count). The van der Waals surface area contributed by atoms with E-state index >= 15 is 0 Å². The first-order chi connectivity index (χ1) is 17.5. The second kappa shape index (κ2) is 12.9. The average molecular weight is 520 g/mol. The Hall–Kier alpha value is -4.69. The minimum absolute atomic E-state index is 0.00491. The smallest absolute Gasteiger partial charge is 0.311 e. The summed E-state index contributed by atoms with van der Waals surface area (Å²) in [5, 5.41) is 32.5. The van der Waals surface area contributed by atoms with Crippen molar-refractivity contribution in [2.45, 2.75) is 27.2 Å². The van der Waals surface area contributed by atoms with Gasteiger partial charge < -0.3 is 19.7 Å². The van der Waals surface area contributed by atoms with Crippen molar-refractivity contribution < 1.29 is 33.3 Å². The van der Waals surface area contributed by atoms with Gasteiger partial charge >= 0.3 is 17.3 Å². The Balaban J connectivity index is 2.57. The third-order valence-electron chi connectivity index (χ3n) is 4.92. The fraction of sp³-hybridized carbons (Fsp3) is 0.364. The van der Waals surface area contributed by atoms with Gasteiger partial charge in [0.1, 0.15) is 11.4 Å². The minimum atomic E-state index is -1.33. The first kappa shape index (κ1) is 28.5. The van der Waals surface area contributed by atoms with E-state index in [4.69, 9.17) is 9.47 Å². The summed E-state index contributed by atoms with van der Waals surface area (Å²) in [4.78, 5) is 45.7. The Morgan fingerprint density at radius 2 is 1.70 bits per heavy atom. The normalized spacial score (nSPS) is 10.7. The molecule has 0 fully saturated rings. The van der Waals surface area contributed by atoms with Gasteiger partial charge in [0.15, 0.2) is 5.69 Å². The molecule has 0 heterocycles. The van der Waals surface area contributed by atoms with E-state index in [9.17, 15) is 34.2 Å². The highest BCUT2D eigenvalue weighted by Gasteiger charge is 2.25. The Morgan fingerprint density at radius 3 is 2.24 bits per heavy atom. The lowest BCUT2D eigenvalue weighted by atomic mass is 10.2. The van der Waals surface area contributed by atoms with Crippen LogP contribution in [0.3, 0.4) is 0 Å². The van der Waals surface area contributed by atoms with Crippen LogP contribution in [0, 0.1) is 26.0 Å². The number of nitrogens with zero attached hydrogens (tertiary/aromatic N) is 5. The number of nitro benzene ring substituents is 2. The van der Waals surface area contributed by atoms with Crippen LogP contribution in [0.5, 0.6) is 5.75 Å². The molecule has 0 bridgehead atoms. The first-order valence-corrected chi connectivity index (χ1v) is 11.0.